The lowest BCUT2D eigenvalue weighted by Gasteiger charge is -1.94. The van der Waals surface area contributed by atoms with Crippen molar-refractivity contribution in [2.45, 2.75) is 13.8 Å². The van der Waals surface area contributed by atoms with Crippen molar-refractivity contribution < 1.29 is 14.8 Å². The van der Waals surface area contributed by atoms with Crippen LogP contribution in [-0.4, -0.2) is 22.5 Å². The Labute approximate surface area is 54.8 Å². The number of hydrogen-bond acceptors (Lipinski definition) is 2. The molecule has 0 aromatic rings. The fraction of sp³-hybridized carbons (Fsp3) is 0.600. The first kappa shape index (κ1) is 8.60. The van der Waals surface area contributed by atoms with E-state index in [0.717, 1.165) is 0 Å². The summed E-state index contributed by atoms with van der Waals surface area (Å²) in [5.41, 5.74) is 0. The van der Waals surface area contributed by atoms with Gasteiger partial charge in [0.1, 0.15) is 6.16 Å². The van der Waals surface area contributed by atoms with Crippen molar-refractivity contribution in [1.29, 1.82) is 0 Å². The van der Waals surface area contributed by atoms with E-state index < -0.39 is 13.7 Å². The number of hydrogen-bond donors (Lipinski definition) is 1. The molecular formula is C5H9O3P. The number of aliphatic carboxylic acids is 1. The van der Waals surface area contributed by atoms with Gasteiger partial charge in [0.2, 0.25) is 0 Å². The minimum atomic E-state index is -1.61. The van der Waals surface area contributed by atoms with Crippen LogP contribution >= 0.6 is 7.77 Å². The van der Waals surface area contributed by atoms with Crippen LogP contribution in [0.5, 0.6) is 0 Å². The van der Waals surface area contributed by atoms with Crippen LogP contribution in [0.25, 0.3) is 0 Å². The first-order valence-electron chi connectivity index (χ1n) is 2.61. The van der Waals surface area contributed by atoms with Crippen LogP contribution in [0, 0.1) is 0 Å². The van der Waals surface area contributed by atoms with Gasteiger partial charge < -0.3 is 10.00 Å². The Bertz CT molecular complexity index is 150. The van der Waals surface area contributed by atoms with Gasteiger partial charge in [0.15, 0.2) is 5.29 Å². The molecule has 3 nitrogen and oxygen atoms in total. The Morgan fingerprint density at radius 1 is 1.78 bits per heavy atom. The molecule has 1 atom stereocenters. The molecule has 0 amide bonds. The van der Waals surface area contributed by atoms with E-state index in [1.54, 1.807) is 6.92 Å². The van der Waals surface area contributed by atoms with Crippen LogP contribution in [0.4, 0.5) is 0 Å². The highest BCUT2D eigenvalue weighted by atomic mass is 31.1. The average Bonchev–Trinajstić information content (AvgIpc) is 1.84. The highest BCUT2D eigenvalue weighted by Crippen LogP contribution is 2.11. The van der Waals surface area contributed by atoms with Crippen molar-refractivity contribution in [3.63, 3.8) is 0 Å². The average molecular weight is 148 g/mol. The molecule has 0 aliphatic rings. The van der Waals surface area contributed by atoms with Crippen LogP contribution in [0.1, 0.15) is 13.8 Å². The first-order chi connectivity index (χ1) is 4.09. The summed E-state index contributed by atoms with van der Waals surface area (Å²) in [6.07, 6.45) is 0.410. The molecule has 0 aromatic carbocycles. The molecule has 0 aliphatic carbocycles. The van der Waals surface area contributed by atoms with Gasteiger partial charge in [-0.2, -0.15) is 0 Å². The van der Waals surface area contributed by atoms with Gasteiger partial charge in [0.05, 0.1) is 7.77 Å². The van der Waals surface area contributed by atoms with Gasteiger partial charge in [-0.15, -0.1) is 0 Å². The summed E-state index contributed by atoms with van der Waals surface area (Å²) in [4.78, 5) is 20.8. The number of carboxylic acids is 1. The van der Waals surface area contributed by atoms with Gasteiger partial charge in [-0.05, 0) is 6.92 Å². The van der Waals surface area contributed by atoms with Crippen molar-refractivity contribution in [1.82, 2.24) is 0 Å². The number of rotatable bonds is 2. The summed E-state index contributed by atoms with van der Waals surface area (Å²) >= 11 is 0. The molecule has 0 radical (unpaired) electrons. The standard InChI is InChI=1S/C5H9O3P/c1-3-9(8)4(2)5(6)7/h3H2,1-2H3,(H,6,7). The molecule has 0 aliphatic heterocycles. The maximum absolute atomic E-state index is 10.7. The van der Waals surface area contributed by atoms with Crippen LogP contribution in [0.3, 0.4) is 0 Å². The van der Waals surface area contributed by atoms with Crippen molar-refractivity contribution in [2.24, 2.45) is 0 Å². The molecule has 0 aromatic heterocycles. The molecule has 52 valence electrons. The predicted octanol–water partition coefficient (Wildman–Crippen LogP) is 0.0404. The zero-order chi connectivity index (χ0) is 7.44. The minimum Gasteiger partial charge on any atom is -0.630 e. The lowest BCUT2D eigenvalue weighted by molar-refractivity contribution is -0.153. The Kier molecular flexibility index (Phi) is 3.43. The molecule has 0 fully saturated rings. The topological polar surface area (TPSA) is 60.4 Å². The summed E-state index contributed by atoms with van der Waals surface area (Å²) in [6.45, 7) is 3.08. The monoisotopic (exact) mass is 148 g/mol. The lowest BCUT2D eigenvalue weighted by Crippen LogP contribution is -2.11. The fourth-order valence-corrected chi connectivity index (χ4v) is 1.03. The Morgan fingerprint density at radius 3 is 2.33 bits per heavy atom. The van der Waals surface area contributed by atoms with E-state index >= 15 is 0 Å². The van der Waals surface area contributed by atoms with Gasteiger partial charge in [-0.25, -0.2) is 4.79 Å². The van der Waals surface area contributed by atoms with Gasteiger partial charge in [0.25, 0.3) is 0 Å². The van der Waals surface area contributed by atoms with E-state index in [0.29, 0.717) is 6.16 Å². The third kappa shape index (κ3) is 2.59. The van der Waals surface area contributed by atoms with Crippen molar-refractivity contribution in [3.8, 4) is 0 Å². The summed E-state index contributed by atoms with van der Waals surface area (Å²) in [5, 5.41) is 8.33. The second kappa shape index (κ2) is 3.59. The molecule has 1 N–H and O–H groups in total. The first-order valence-corrected chi connectivity index (χ1v) is 4.05. The third-order valence-corrected chi connectivity index (χ3v) is 2.48. The zero-order valence-electron chi connectivity index (χ0n) is 5.42. The molecule has 0 bridgehead atoms. The Hall–Kier alpha value is -0.400. The molecule has 0 rings (SSSR count). The molecule has 4 heteroatoms. The van der Waals surface area contributed by atoms with Crippen LogP contribution in [-0.2, 0) is 4.79 Å². The van der Waals surface area contributed by atoms with Crippen molar-refractivity contribution in [3.05, 3.63) is 0 Å². The van der Waals surface area contributed by atoms with Gasteiger partial charge >= 0.3 is 5.97 Å². The van der Waals surface area contributed by atoms with E-state index in [1.807, 2.05) is 0 Å². The number of carbonyl (C=O) groups is 1. The smallest absolute Gasteiger partial charge is 0.373 e. The summed E-state index contributed by atoms with van der Waals surface area (Å²) in [6, 6.07) is 0. The van der Waals surface area contributed by atoms with E-state index in [2.05, 4.69) is 0 Å². The maximum atomic E-state index is 10.7. The second-order valence-electron chi connectivity index (χ2n) is 1.59. The van der Waals surface area contributed by atoms with Crippen molar-refractivity contribution in [2.75, 3.05) is 6.16 Å². The van der Waals surface area contributed by atoms with E-state index in [1.165, 1.54) is 6.92 Å². The van der Waals surface area contributed by atoms with Crippen LogP contribution in [0.15, 0.2) is 0 Å². The van der Waals surface area contributed by atoms with E-state index in [-0.39, 0.29) is 5.29 Å². The predicted molar refractivity (Wildman–Crippen MR) is 35.8 cm³/mol. The largest absolute Gasteiger partial charge is 0.630 e. The quantitative estimate of drug-likeness (QED) is 0.562. The molecule has 0 saturated heterocycles. The summed E-state index contributed by atoms with van der Waals surface area (Å²) in [5.74, 6) is -1.06. The third-order valence-electron chi connectivity index (χ3n) is 0.971. The van der Waals surface area contributed by atoms with Crippen LogP contribution in [0.2, 0.25) is 0 Å². The minimum absolute atomic E-state index is 0.0625. The maximum Gasteiger partial charge on any atom is 0.373 e. The Balaban J connectivity index is 4.28. The zero-order valence-corrected chi connectivity index (χ0v) is 6.31. The molecule has 9 heavy (non-hydrogen) atoms. The number of carboxylic acid groups (broad SMARTS) is 1. The second-order valence-corrected chi connectivity index (χ2v) is 3.65. The summed E-state index contributed by atoms with van der Waals surface area (Å²) < 4.78 is 0. The normalized spacial score (nSPS) is 12.8. The fourth-order valence-electron chi connectivity index (χ4n) is 0.344. The lowest BCUT2D eigenvalue weighted by atomic mass is 10.5. The van der Waals surface area contributed by atoms with E-state index in [4.69, 9.17) is 5.11 Å². The molecule has 0 saturated carbocycles. The SMILES string of the molecule is CC/[P+]([O-])=C(\C)C(=O)O. The van der Waals surface area contributed by atoms with E-state index in [9.17, 15) is 9.69 Å². The van der Waals surface area contributed by atoms with Gasteiger partial charge in [0, 0.05) is 6.92 Å². The highest BCUT2D eigenvalue weighted by molar-refractivity contribution is 7.54. The Morgan fingerprint density at radius 2 is 2.22 bits per heavy atom. The molecule has 1 unspecified atom stereocenters. The summed E-state index contributed by atoms with van der Waals surface area (Å²) in [7, 11) is -1.61. The van der Waals surface area contributed by atoms with Gasteiger partial charge in [-0.1, -0.05) is 0 Å². The van der Waals surface area contributed by atoms with Crippen LogP contribution < -0.4 is 4.89 Å². The molecule has 0 spiro atoms. The highest BCUT2D eigenvalue weighted by Gasteiger charge is 2.09. The molecular weight excluding hydrogens is 139 g/mol. The molecule has 0 heterocycles. The van der Waals surface area contributed by atoms with Crippen molar-refractivity contribution >= 4 is 19.0 Å². The van der Waals surface area contributed by atoms with Gasteiger partial charge in [-0.3, -0.25) is 0 Å².